The van der Waals surface area contributed by atoms with Crippen molar-refractivity contribution in [2.24, 2.45) is 11.7 Å². The van der Waals surface area contributed by atoms with Crippen molar-refractivity contribution in [3.8, 4) is 0 Å². The van der Waals surface area contributed by atoms with E-state index in [0.29, 0.717) is 0 Å². The number of likely N-dealkylation sites (tertiary alicyclic amines) is 1. The van der Waals surface area contributed by atoms with E-state index in [9.17, 15) is 4.79 Å². The molecule has 0 aromatic heterocycles. The van der Waals surface area contributed by atoms with Gasteiger partial charge in [-0.15, -0.1) is 0 Å². The van der Waals surface area contributed by atoms with E-state index < -0.39 is 0 Å². The van der Waals surface area contributed by atoms with Gasteiger partial charge in [-0.05, 0) is 18.1 Å². The molecule has 0 unspecified atom stereocenters. The van der Waals surface area contributed by atoms with Gasteiger partial charge in [0.2, 0.25) is 5.91 Å². The summed E-state index contributed by atoms with van der Waals surface area (Å²) < 4.78 is 0. The number of primary amides is 1. The maximum atomic E-state index is 11.9. The zero-order chi connectivity index (χ0) is 15.5. The third-order valence-corrected chi connectivity index (χ3v) is 4.48. The Labute approximate surface area is 131 Å². The van der Waals surface area contributed by atoms with Gasteiger partial charge in [-0.3, -0.25) is 9.69 Å². The minimum atomic E-state index is -0.193. The van der Waals surface area contributed by atoms with Crippen LogP contribution in [-0.2, 0) is 11.3 Å². The van der Waals surface area contributed by atoms with Gasteiger partial charge in [0.15, 0.2) is 0 Å². The summed E-state index contributed by atoms with van der Waals surface area (Å²) in [6.07, 6.45) is 0. The Morgan fingerprint density at radius 2 is 1.91 bits per heavy atom. The number of aryl methyl sites for hydroxylation is 1. The molecule has 1 aliphatic rings. The second-order valence-electron chi connectivity index (χ2n) is 6.21. The van der Waals surface area contributed by atoms with Crippen LogP contribution in [0.4, 0.5) is 0 Å². The van der Waals surface area contributed by atoms with E-state index in [0.717, 1.165) is 19.6 Å². The van der Waals surface area contributed by atoms with Crippen LogP contribution in [0.3, 0.4) is 0 Å². The molecule has 0 saturated carbocycles. The molecular formula is C19H22N2O. The molecule has 1 aliphatic heterocycles. The average molecular weight is 294 g/mol. The molecule has 114 valence electrons. The highest BCUT2D eigenvalue weighted by atomic mass is 16.1. The first-order valence-corrected chi connectivity index (χ1v) is 7.75. The number of hydrogen-bond acceptors (Lipinski definition) is 2. The van der Waals surface area contributed by atoms with Gasteiger partial charge in [0, 0.05) is 25.6 Å². The SMILES string of the molecule is Cc1cccc([C@H]2CN(Cc3ccccc3)C[C@@H]2C(N)=O)c1. The molecule has 0 aliphatic carbocycles. The van der Waals surface area contributed by atoms with Gasteiger partial charge < -0.3 is 5.73 Å². The summed E-state index contributed by atoms with van der Waals surface area (Å²) in [6, 6.07) is 18.8. The molecule has 3 heteroatoms. The van der Waals surface area contributed by atoms with Crippen LogP contribution in [0.25, 0.3) is 0 Å². The van der Waals surface area contributed by atoms with E-state index in [-0.39, 0.29) is 17.7 Å². The third-order valence-electron chi connectivity index (χ3n) is 4.48. The van der Waals surface area contributed by atoms with Gasteiger partial charge in [0.25, 0.3) is 0 Å². The van der Waals surface area contributed by atoms with E-state index in [1.807, 2.05) is 6.07 Å². The summed E-state index contributed by atoms with van der Waals surface area (Å²) >= 11 is 0. The van der Waals surface area contributed by atoms with Gasteiger partial charge in [-0.1, -0.05) is 60.2 Å². The maximum absolute atomic E-state index is 11.9. The fourth-order valence-corrected chi connectivity index (χ4v) is 3.38. The molecule has 22 heavy (non-hydrogen) atoms. The van der Waals surface area contributed by atoms with E-state index >= 15 is 0 Å². The normalized spacial score (nSPS) is 21.9. The summed E-state index contributed by atoms with van der Waals surface area (Å²) in [4.78, 5) is 14.2. The average Bonchev–Trinajstić information content (AvgIpc) is 2.92. The molecule has 2 atom stereocenters. The Morgan fingerprint density at radius 3 is 2.59 bits per heavy atom. The summed E-state index contributed by atoms with van der Waals surface area (Å²) in [5.41, 5.74) is 9.37. The lowest BCUT2D eigenvalue weighted by atomic mass is 9.88. The van der Waals surface area contributed by atoms with Crippen LogP contribution in [0.1, 0.15) is 22.6 Å². The van der Waals surface area contributed by atoms with Crippen LogP contribution >= 0.6 is 0 Å². The number of carbonyl (C=O) groups excluding carboxylic acids is 1. The van der Waals surface area contributed by atoms with Crippen molar-refractivity contribution in [3.05, 3.63) is 71.3 Å². The van der Waals surface area contributed by atoms with Crippen LogP contribution in [0, 0.1) is 12.8 Å². The topological polar surface area (TPSA) is 46.3 Å². The van der Waals surface area contributed by atoms with Crippen molar-refractivity contribution in [3.63, 3.8) is 0 Å². The van der Waals surface area contributed by atoms with Crippen LogP contribution in [-0.4, -0.2) is 23.9 Å². The van der Waals surface area contributed by atoms with E-state index in [2.05, 4.69) is 60.4 Å². The lowest BCUT2D eigenvalue weighted by molar-refractivity contribution is -0.121. The molecule has 1 saturated heterocycles. The van der Waals surface area contributed by atoms with Crippen LogP contribution in [0.5, 0.6) is 0 Å². The zero-order valence-electron chi connectivity index (χ0n) is 12.9. The van der Waals surface area contributed by atoms with Crippen LogP contribution in [0.2, 0.25) is 0 Å². The van der Waals surface area contributed by atoms with Gasteiger partial charge in [-0.2, -0.15) is 0 Å². The third kappa shape index (κ3) is 3.20. The van der Waals surface area contributed by atoms with Gasteiger partial charge in [0.05, 0.1) is 5.92 Å². The van der Waals surface area contributed by atoms with Gasteiger partial charge in [-0.25, -0.2) is 0 Å². The fourth-order valence-electron chi connectivity index (χ4n) is 3.38. The molecule has 3 nitrogen and oxygen atoms in total. The zero-order valence-corrected chi connectivity index (χ0v) is 12.9. The van der Waals surface area contributed by atoms with E-state index in [1.165, 1.54) is 16.7 Å². The lowest BCUT2D eigenvalue weighted by Gasteiger charge is -2.17. The second kappa shape index (κ2) is 6.32. The van der Waals surface area contributed by atoms with Crippen molar-refractivity contribution >= 4 is 5.91 Å². The Bertz CT molecular complexity index is 653. The molecule has 2 N–H and O–H groups in total. The molecule has 1 heterocycles. The highest BCUT2D eigenvalue weighted by Crippen LogP contribution is 2.33. The monoisotopic (exact) mass is 294 g/mol. The minimum absolute atomic E-state index is 0.106. The van der Waals surface area contributed by atoms with Crippen LogP contribution < -0.4 is 5.73 Å². The highest BCUT2D eigenvalue weighted by molar-refractivity contribution is 5.78. The smallest absolute Gasteiger partial charge is 0.222 e. The van der Waals surface area contributed by atoms with Crippen molar-refractivity contribution < 1.29 is 4.79 Å². The fraction of sp³-hybridized carbons (Fsp3) is 0.316. The number of nitrogens with zero attached hydrogens (tertiary/aromatic N) is 1. The molecule has 0 radical (unpaired) electrons. The molecular weight excluding hydrogens is 272 g/mol. The first kappa shape index (κ1) is 14.8. The molecule has 0 spiro atoms. The largest absolute Gasteiger partial charge is 0.369 e. The summed E-state index contributed by atoms with van der Waals surface area (Å²) in [5, 5.41) is 0. The van der Waals surface area contributed by atoms with Crippen molar-refractivity contribution in [2.75, 3.05) is 13.1 Å². The van der Waals surface area contributed by atoms with Crippen molar-refractivity contribution in [1.29, 1.82) is 0 Å². The number of nitrogens with two attached hydrogens (primary N) is 1. The predicted molar refractivity (Wildman–Crippen MR) is 88.3 cm³/mol. The quantitative estimate of drug-likeness (QED) is 0.942. The minimum Gasteiger partial charge on any atom is -0.369 e. The van der Waals surface area contributed by atoms with Gasteiger partial charge in [0.1, 0.15) is 0 Å². The number of hydrogen-bond donors (Lipinski definition) is 1. The molecule has 2 aromatic carbocycles. The lowest BCUT2D eigenvalue weighted by Crippen LogP contribution is -2.29. The van der Waals surface area contributed by atoms with Crippen molar-refractivity contribution in [1.82, 2.24) is 4.90 Å². The van der Waals surface area contributed by atoms with E-state index in [1.54, 1.807) is 0 Å². The standard InChI is InChI=1S/C19H22N2O/c1-14-6-5-9-16(10-14)17-12-21(13-18(17)19(20)22)11-15-7-3-2-4-8-15/h2-10,17-18H,11-13H2,1H3,(H2,20,22)/t17-,18+/m1/s1. The summed E-state index contributed by atoms with van der Waals surface area (Å²) in [7, 11) is 0. The van der Waals surface area contributed by atoms with Crippen molar-refractivity contribution in [2.45, 2.75) is 19.4 Å². The van der Waals surface area contributed by atoms with Gasteiger partial charge >= 0.3 is 0 Å². The first-order valence-electron chi connectivity index (χ1n) is 7.75. The molecule has 0 bridgehead atoms. The maximum Gasteiger partial charge on any atom is 0.222 e. The molecule has 2 aromatic rings. The first-order chi connectivity index (χ1) is 10.6. The Balaban J connectivity index is 1.79. The number of benzene rings is 2. The number of amides is 1. The Hall–Kier alpha value is -2.13. The summed E-state index contributed by atoms with van der Waals surface area (Å²) in [5.74, 6) is -0.103. The van der Waals surface area contributed by atoms with Crippen LogP contribution in [0.15, 0.2) is 54.6 Å². The summed E-state index contributed by atoms with van der Waals surface area (Å²) in [6.45, 7) is 4.57. The Morgan fingerprint density at radius 1 is 1.14 bits per heavy atom. The number of carbonyl (C=O) groups is 1. The molecule has 1 fully saturated rings. The van der Waals surface area contributed by atoms with E-state index in [4.69, 9.17) is 5.73 Å². The second-order valence-corrected chi connectivity index (χ2v) is 6.21. The molecule has 1 amide bonds. The molecule has 3 rings (SSSR count). The Kier molecular flexibility index (Phi) is 4.25. The highest BCUT2D eigenvalue weighted by Gasteiger charge is 2.37. The predicted octanol–water partition coefficient (Wildman–Crippen LogP) is 2.70. The number of rotatable bonds is 4.